The molecule has 2 aromatic carbocycles. The van der Waals surface area contributed by atoms with Gasteiger partial charge in [0.05, 0.1) is 38.3 Å². The number of rotatable bonds is 10. The van der Waals surface area contributed by atoms with Crippen LogP contribution in [0.25, 0.3) is 0 Å². The summed E-state index contributed by atoms with van der Waals surface area (Å²) >= 11 is 1.25. The number of carbonyl (C=O) groups is 4. The summed E-state index contributed by atoms with van der Waals surface area (Å²) in [6.07, 6.45) is 0. The number of esters is 1. The number of thiophene rings is 1. The van der Waals surface area contributed by atoms with E-state index in [4.69, 9.17) is 14.2 Å². The van der Waals surface area contributed by atoms with Crippen molar-refractivity contribution in [1.29, 1.82) is 0 Å². The fraction of sp³-hybridized carbons (Fsp3) is 0.310. The minimum atomic E-state index is -1.17. The highest BCUT2D eigenvalue weighted by atomic mass is 32.1. The zero-order chi connectivity index (χ0) is 29.4. The van der Waals surface area contributed by atoms with Gasteiger partial charge in [-0.05, 0) is 74.2 Å². The number of anilines is 1. The second-order valence-corrected chi connectivity index (χ2v) is 10.7. The van der Waals surface area contributed by atoms with Gasteiger partial charge in [0.1, 0.15) is 6.04 Å². The van der Waals surface area contributed by atoms with Crippen molar-refractivity contribution in [2.75, 3.05) is 32.8 Å². The molecule has 11 heteroatoms. The number of hydrogen-bond acceptors (Lipinski definition) is 8. The average molecular weight is 568 g/mol. The summed E-state index contributed by atoms with van der Waals surface area (Å²) in [4.78, 5) is 54.1. The number of amides is 3. The molecule has 10 nitrogen and oxygen atoms in total. The molecule has 0 aliphatic carbocycles. The molecule has 0 bridgehead atoms. The van der Waals surface area contributed by atoms with Gasteiger partial charge in [-0.25, -0.2) is 4.79 Å². The number of nitrogens with zero attached hydrogens (tertiary/aromatic N) is 1. The maximum Gasteiger partial charge on any atom is 0.337 e. The fourth-order valence-electron chi connectivity index (χ4n) is 3.93. The van der Waals surface area contributed by atoms with Crippen LogP contribution in [0.4, 0.5) is 5.69 Å². The summed E-state index contributed by atoms with van der Waals surface area (Å²) in [6.45, 7) is 5.10. The zero-order valence-corrected chi connectivity index (χ0v) is 24.1. The SMILES string of the molecule is COC(=O)c1ccc(N(C(=O)CNC(=O)c2cccs2)[C@@H](C(=O)NC(C)(C)C)c2ccc(OC)c(OC)c2)cc1. The van der Waals surface area contributed by atoms with E-state index in [2.05, 4.69) is 10.6 Å². The Labute approximate surface area is 237 Å². The van der Waals surface area contributed by atoms with Crippen LogP contribution in [0.1, 0.15) is 52.4 Å². The predicted molar refractivity (Wildman–Crippen MR) is 152 cm³/mol. The van der Waals surface area contributed by atoms with E-state index in [1.165, 1.54) is 49.7 Å². The maximum atomic E-state index is 13.8. The standard InChI is InChI=1S/C29H33N3O7S/c1-29(2,3)31-27(35)25(19-11-14-21(37-4)22(16-19)38-5)32(20-12-9-18(10-13-20)28(36)39-6)24(33)17-30-26(34)23-8-7-15-40-23/h7-16,25H,17H2,1-6H3,(H,30,34)(H,31,35)/t25-/m1/s1. The van der Waals surface area contributed by atoms with Gasteiger partial charge in [0.25, 0.3) is 5.91 Å². The quantitative estimate of drug-likeness (QED) is 0.356. The molecule has 212 valence electrons. The molecule has 40 heavy (non-hydrogen) atoms. The van der Waals surface area contributed by atoms with Crippen LogP contribution >= 0.6 is 11.3 Å². The lowest BCUT2D eigenvalue weighted by Gasteiger charge is -2.34. The number of methoxy groups -OCH3 is 3. The monoisotopic (exact) mass is 567 g/mol. The molecule has 0 spiro atoms. The summed E-state index contributed by atoms with van der Waals surface area (Å²) in [5, 5.41) is 7.35. The van der Waals surface area contributed by atoms with Gasteiger partial charge in [-0.2, -0.15) is 0 Å². The number of ether oxygens (including phenoxy) is 3. The molecule has 0 unspecified atom stereocenters. The lowest BCUT2D eigenvalue weighted by molar-refractivity contribution is -0.127. The second-order valence-electron chi connectivity index (χ2n) is 9.72. The van der Waals surface area contributed by atoms with Crippen LogP contribution in [0.2, 0.25) is 0 Å². The zero-order valence-electron chi connectivity index (χ0n) is 23.3. The molecule has 0 saturated carbocycles. The third kappa shape index (κ3) is 7.38. The topological polar surface area (TPSA) is 123 Å². The Bertz CT molecular complexity index is 1350. The van der Waals surface area contributed by atoms with Crippen molar-refractivity contribution in [2.24, 2.45) is 0 Å². The van der Waals surface area contributed by atoms with Crippen LogP contribution in [-0.2, 0) is 14.3 Å². The summed E-state index contributed by atoms with van der Waals surface area (Å²) in [5.41, 5.74) is 0.413. The average Bonchev–Trinajstić information content (AvgIpc) is 3.48. The molecule has 1 atom stereocenters. The molecular formula is C29H33N3O7S. The van der Waals surface area contributed by atoms with E-state index < -0.39 is 35.3 Å². The first-order valence-corrected chi connectivity index (χ1v) is 13.2. The highest BCUT2D eigenvalue weighted by molar-refractivity contribution is 7.12. The normalized spacial score (nSPS) is 11.7. The van der Waals surface area contributed by atoms with Crippen LogP contribution in [0.5, 0.6) is 11.5 Å². The molecule has 0 aliphatic rings. The minimum absolute atomic E-state index is 0.270. The largest absolute Gasteiger partial charge is 0.493 e. The molecule has 3 amide bonds. The molecule has 1 aromatic heterocycles. The van der Waals surface area contributed by atoms with Crippen molar-refractivity contribution >= 4 is 40.7 Å². The molecule has 0 aliphatic heterocycles. The van der Waals surface area contributed by atoms with Gasteiger partial charge in [0.15, 0.2) is 11.5 Å². The van der Waals surface area contributed by atoms with Crippen molar-refractivity contribution in [3.63, 3.8) is 0 Å². The van der Waals surface area contributed by atoms with Crippen molar-refractivity contribution in [3.8, 4) is 11.5 Å². The smallest absolute Gasteiger partial charge is 0.337 e. The summed E-state index contributed by atoms with van der Waals surface area (Å²) < 4.78 is 15.6. The Morgan fingerprint density at radius 1 is 0.925 bits per heavy atom. The van der Waals surface area contributed by atoms with E-state index in [1.54, 1.807) is 47.8 Å². The van der Waals surface area contributed by atoms with Gasteiger partial charge < -0.3 is 24.8 Å². The summed E-state index contributed by atoms with van der Waals surface area (Å²) in [5.74, 6) is -1.16. The lowest BCUT2D eigenvalue weighted by Crippen LogP contribution is -2.51. The first-order chi connectivity index (χ1) is 19.0. The lowest BCUT2D eigenvalue weighted by atomic mass is 10.00. The summed E-state index contributed by atoms with van der Waals surface area (Å²) in [7, 11) is 4.24. The van der Waals surface area contributed by atoms with E-state index in [9.17, 15) is 19.2 Å². The van der Waals surface area contributed by atoms with E-state index >= 15 is 0 Å². The van der Waals surface area contributed by atoms with Crippen molar-refractivity contribution in [3.05, 3.63) is 76.0 Å². The molecular weight excluding hydrogens is 534 g/mol. The number of nitrogens with one attached hydrogen (secondary N) is 2. The van der Waals surface area contributed by atoms with Crippen LogP contribution in [0.3, 0.4) is 0 Å². The van der Waals surface area contributed by atoms with Crippen molar-refractivity contribution < 1.29 is 33.4 Å². The number of carbonyl (C=O) groups excluding carboxylic acids is 4. The Hall–Kier alpha value is -4.38. The molecule has 3 rings (SSSR count). The van der Waals surface area contributed by atoms with Gasteiger partial charge in [-0.3, -0.25) is 19.3 Å². The maximum absolute atomic E-state index is 13.8. The third-order valence-corrected chi connectivity index (χ3v) is 6.58. The second kappa shape index (κ2) is 13.1. The van der Waals surface area contributed by atoms with E-state index in [0.717, 1.165) is 0 Å². The highest BCUT2D eigenvalue weighted by Crippen LogP contribution is 2.35. The predicted octanol–water partition coefficient (Wildman–Crippen LogP) is 3.97. The van der Waals surface area contributed by atoms with Crippen LogP contribution in [0, 0.1) is 0 Å². The van der Waals surface area contributed by atoms with E-state index in [0.29, 0.717) is 27.6 Å². The Balaban J connectivity index is 2.12. The van der Waals surface area contributed by atoms with Crippen LogP contribution < -0.4 is 25.0 Å². The molecule has 1 heterocycles. The molecule has 0 radical (unpaired) electrons. The van der Waals surface area contributed by atoms with Gasteiger partial charge >= 0.3 is 5.97 Å². The van der Waals surface area contributed by atoms with Crippen LogP contribution in [-0.4, -0.2) is 57.1 Å². The highest BCUT2D eigenvalue weighted by Gasteiger charge is 2.35. The fourth-order valence-corrected chi connectivity index (χ4v) is 4.57. The van der Waals surface area contributed by atoms with E-state index in [-0.39, 0.29) is 12.1 Å². The molecule has 0 fully saturated rings. The first kappa shape index (κ1) is 30.2. The van der Waals surface area contributed by atoms with Gasteiger partial charge in [0.2, 0.25) is 11.8 Å². The van der Waals surface area contributed by atoms with Crippen molar-refractivity contribution in [2.45, 2.75) is 32.4 Å². The van der Waals surface area contributed by atoms with Crippen LogP contribution in [0.15, 0.2) is 60.0 Å². The molecule has 0 saturated heterocycles. The minimum Gasteiger partial charge on any atom is -0.493 e. The van der Waals surface area contributed by atoms with Gasteiger partial charge in [-0.1, -0.05) is 12.1 Å². The summed E-state index contributed by atoms with van der Waals surface area (Å²) in [6, 6.07) is 13.2. The Kier molecular flexibility index (Phi) is 9.89. The molecule has 3 aromatic rings. The molecule has 2 N–H and O–H groups in total. The van der Waals surface area contributed by atoms with Gasteiger partial charge in [0, 0.05) is 11.2 Å². The van der Waals surface area contributed by atoms with Crippen molar-refractivity contribution in [1.82, 2.24) is 10.6 Å². The Morgan fingerprint density at radius 2 is 1.60 bits per heavy atom. The third-order valence-electron chi connectivity index (χ3n) is 5.71. The Morgan fingerprint density at radius 3 is 2.15 bits per heavy atom. The number of hydrogen-bond donors (Lipinski definition) is 2. The van der Waals surface area contributed by atoms with E-state index in [1.807, 2.05) is 20.8 Å². The number of benzene rings is 2. The first-order valence-electron chi connectivity index (χ1n) is 12.3. The van der Waals surface area contributed by atoms with Gasteiger partial charge in [-0.15, -0.1) is 11.3 Å².